The van der Waals surface area contributed by atoms with Crippen molar-refractivity contribution in [2.24, 2.45) is 0 Å². The predicted molar refractivity (Wildman–Crippen MR) is 57.6 cm³/mol. The number of halogens is 1. The van der Waals surface area contributed by atoms with Crippen LogP contribution >= 0.6 is 11.6 Å². The fraction of sp³-hybridized carbons (Fsp3) is 0.273. The van der Waals surface area contributed by atoms with E-state index in [2.05, 4.69) is 11.4 Å². The molecule has 0 saturated heterocycles. The van der Waals surface area contributed by atoms with E-state index >= 15 is 0 Å². The van der Waals surface area contributed by atoms with Crippen LogP contribution < -0.4 is 10.1 Å². The molecule has 1 aliphatic rings. The minimum Gasteiger partial charge on any atom is -0.462 e. The summed E-state index contributed by atoms with van der Waals surface area (Å²) in [6.45, 7) is 1.88. The molecule has 0 atom stereocenters. The Bertz CT molecular complexity index is 332. The Kier molecular flexibility index (Phi) is 3.07. The Balaban J connectivity index is 2.03. The smallest absolute Gasteiger partial charge is 0.127 e. The first kappa shape index (κ1) is 9.56. The normalized spacial score (nSPS) is 16.2. The lowest BCUT2D eigenvalue weighted by Crippen LogP contribution is -2.22. The zero-order valence-corrected chi connectivity index (χ0v) is 8.55. The van der Waals surface area contributed by atoms with E-state index in [0.717, 1.165) is 36.0 Å². The topological polar surface area (TPSA) is 21.3 Å². The van der Waals surface area contributed by atoms with Crippen LogP contribution in [-0.4, -0.2) is 13.1 Å². The molecule has 1 aromatic rings. The number of benzene rings is 1. The van der Waals surface area contributed by atoms with Gasteiger partial charge in [0.15, 0.2) is 0 Å². The van der Waals surface area contributed by atoms with Crippen LogP contribution in [0.4, 0.5) is 0 Å². The Morgan fingerprint density at radius 1 is 1.21 bits per heavy atom. The highest BCUT2D eigenvalue weighted by Crippen LogP contribution is 2.19. The molecule has 3 heteroatoms. The monoisotopic (exact) mass is 209 g/mol. The third-order valence-corrected chi connectivity index (χ3v) is 2.34. The zero-order valence-electron chi connectivity index (χ0n) is 7.79. The number of ether oxygens (including phenoxy) is 1. The summed E-state index contributed by atoms with van der Waals surface area (Å²) in [5.74, 6) is 1.88. The molecule has 0 aromatic heterocycles. The molecule has 14 heavy (non-hydrogen) atoms. The van der Waals surface area contributed by atoms with Crippen molar-refractivity contribution in [2.45, 2.75) is 6.42 Å². The van der Waals surface area contributed by atoms with E-state index in [9.17, 15) is 0 Å². The zero-order chi connectivity index (χ0) is 9.80. The fourth-order valence-corrected chi connectivity index (χ4v) is 1.47. The van der Waals surface area contributed by atoms with Crippen molar-refractivity contribution in [1.82, 2.24) is 5.32 Å². The van der Waals surface area contributed by atoms with Crippen LogP contribution in [0.25, 0.3) is 0 Å². The summed E-state index contributed by atoms with van der Waals surface area (Å²) in [5.41, 5.74) is 0. The van der Waals surface area contributed by atoms with Crippen molar-refractivity contribution in [3.05, 3.63) is 41.1 Å². The molecule has 1 N–H and O–H groups in total. The van der Waals surface area contributed by atoms with Crippen molar-refractivity contribution in [3.63, 3.8) is 0 Å². The van der Waals surface area contributed by atoms with E-state index in [0.29, 0.717) is 0 Å². The largest absolute Gasteiger partial charge is 0.462 e. The molecule has 2 nitrogen and oxygen atoms in total. The lowest BCUT2D eigenvalue weighted by molar-refractivity contribution is 0.388. The van der Waals surface area contributed by atoms with Crippen molar-refractivity contribution < 1.29 is 4.74 Å². The lowest BCUT2D eigenvalue weighted by Gasteiger charge is -2.14. The molecule has 1 aromatic carbocycles. The van der Waals surface area contributed by atoms with Crippen LogP contribution in [0.3, 0.4) is 0 Å². The summed E-state index contributed by atoms with van der Waals surface area (Å²) >= 11 is 5.77. The van der Waals surface area contributed by atoms with Crippen LogP contribution in [-0.2, 0) is 0 Å². The Hall–Kier alpha value is -0.990. The first-order valence-electron chi connectivity index (χ1n) is 4.68. The van der Waals surface area contributed by atoms with Gasteiger partial charge in [-0.2, -0.15) is 0 Å². The van der Waals surface area contributed by atoms with Gasteiger partial charge in [0.1, 0.15) is 11.5 Å². The molecular weight excluding hydrogens is 198 g/mol. The summed E-state index contributed by atoms with van der Waals surface area (Å²) in [5, 5.41) is 3.97. The van der Waals surface area contributed by atoms with Gasteiger partial charge in [-0.05, 0) is 30.3 Å². The standard InChI is InChI=1S/C11H12ClNO/c12-9-1-3-10(4-2-9)14-11-5-7-13-8-6-11/h1-5,13H,6-8H2. The summed E-state index contributed by atoms with van der Waals surface area (Å²) < 4.78 is 5.67. The Morgan fingerprint density at radius 3 is 2.64 bits per heavy atom. The van der Waals surface area contributed by atoms with E-state index in [4.69, 9.17) is 16.3 Å². The van der Waals surface area contributed by atoms with E-state index in [1.165, 1.54) is 0 Å². The molecule has 74 valence electrons. The van der Waals surface area contributed by atoms with Gasteiger partial charge < -0.3 is 10.1 Å². The van der Waals surface area contributed by atoms with Gasteiger partial charge in [0, 0.05) is 24.5 Å². The predicted octanol–water partition coefficient (Wildman–Crippen LogP) is 2.60. The number of rotatable bonds is 2. The molecule has 0 unspecified atom stereocenters. The molecule has 0 fully saturated rings. The van der Waals surface area contributed by atoms with Crippen molar-refractivity contribution >= 4 is 11.6 Å². The highest BCUT2D eigenvalue weighted by molar-refractivity contribution is 6.30. The Labute approximate surface area is 88.5 Å². The van der Waals surface area contributed by atoms with Crippen molar-refractivity contribution in [2.75, 3.05) is 13.1 Å². The van der Waals surface area contributed by atoms with Gasteiger partial charge in [0.25, 0.3) is 0 Å². The highest BCUT2D eigenvalue weighted by atomic mass is 35.5. The van der Waals surface area contributed by atoms with Crippen LogP contribution in [0.5, 0.6) is 5.75 Å². The van der Waals surface area contributed by atoms with Gasteiger partial charge in [-0.15, -0.1) is 0 Å². The van der Waals surface area contributed by atoms with Gasteiger partial charge in [0.05, 0.1) is 0 Å². The van der Waals surface area contributed by atoms with Gasteiger partial charge in [-0.3, -0.25) is 0 Å². The third kappa shape index (κ3) is 2.50. The third-order valence-electron chi connectivity index (χ3n) is 2.08. The van der Waals surface area contributed by atoms with Crippen molar-refractivity contribution in [3.8, 4) is 5.75 Å². The quantitative estimate of drug-likeness (QED) is 0.809. The second kappa shape index (κ2) is 4.49. The van der Waals surface area contributed by atoms with Crippen LogP contribution in [0.1, 0.15) is 6.42 Å². The maximum absolute atomic E-state index is 5.77. The van der Waals surface area contributed by atoms with E-state index in [-0.39, 0.29) is 0 Å². The van der Waals surface area contributed by atoms with Crippen molar-refractivity contribution in [1.29, 1.82) is 0 Å². The lowest BCUT2D eigenvalue weighted by atomic mass is 10.2. The number of hydrogen-bond acceptors (Lipinski definition) is 2. The van der Waals surface area contributed by atoms with Crippen LogP contribution in [0.15, 0.2) is 36.1 Å². The highest BCUT2D eigenvalue weighted by Gasteiger charge is 2.04. The van der Waals surface area contributed by atoms with Gasteiger partial charge in [-0.1, -0.05) is 11.6 Å². The summed E-state index contributed by atoms with van der Waals surface area (Å²) in [4.78, 5) is 0. The Morgan fingerprint density at radius 2 is 2.00 bits per heavy atom. The number of nitrogens with one attached hydrogen (secondary N) is 1. The van der Waals surface area contributed by atoms with Gasteiger partial charge in [0.2, 0.25) is 0 Å². The fourth-order valence-electron chi connectivity index (χ4n) is 1.35. The molecule has 0 bridgehead atoms. The average molecular weight is 210 g/mol. The SMILES string of the molecule is Clc1ccc(OC2=CCNCC2)cc1. The van der Waals surface area contributed by atoms with E-state index in [1.807, 2.05) is 24.3 Å². The first-order valence-corrected chi connectivity index (χ1v) is 5.05. The average Bonchev–Trinajstić information content (AvgIpc) is 2.23. The molecule has 0 saturated carbocycles. The minimum absolute atomic E-state index is 0.733. The summed E-state index contributed by atoms with van der Waals surface area (Å²) in [7, 11) is 0. The van der Waals surface area contributed by atoms with Crippen LogP contribution in [0, 0.1) is 0 Å². The van der Waals surface area contributed by atoms with Gasteiger partial charge in [-0.25, -0.2) is 0 Å². The van der Waals surface area contributed by atoms with Crippen LogP contribution in [0.2, 0.25) is 5.02 Å². The summed E-state index contributed by atoms with van der Waals surface area (Å²) in [6.07, 6.45) is 3.01. The molecule has 1 heterocycles. The minimum atomic E-state index is 0.733. The second-order valence-electron chi connectivity index (χ2n) is 3.18. The molecule has 1 aliphatic heterocycles. The molecular formula is C11H12ClNO. The van der Waals surface area contributed by atoms with Gasteiger partial charge >= 0.3 is 0 Å². The molecule has 0 aliphatic carbocycles. The molecule has 0 radical (unpaired) electrons. The second-order valence-corrected chi connectivity index (χ2v) is 3.62. The first-order chi connectivity index (χ1) is 6.84. The molecule has 2 rings (SSSR count). The summed E-state index contributed by atoms with van der Waals surface area (Å²) in [6, 6.07) is 7.42. The number of hydrogen-bond donors (Lipinski definition) is 1. The molecule has 0 spiro atoms. The van der Waals surface area contributed by atoms with E-state index < -0.39 is 0 Å². The maximum atomic E-state index is 5.77. The molecule has 0 amide bonds. The van der Waals surface area contributed by atoms with E-state index in [1.54, 1.807) is 0 Å². The maximum Gasteiger partial charge on any atom is 0.127 e.